The summed E-state index contributed by atoms with van der Waals surface area (Å²) in [6.45, 7) is 4.37. The molecule has 0 saturated carbocycles. The van der Waals surface area contributed by atoms with Gasteiger partial charge in [-0.15, -0.1) is 0 Å². The van der Waals surface area contributed by atoms with Crippen LogP contribution in [0.2, 0.25) is 5.15 Å². The smallest absolute Gasteiger partial charge is 0.132 e. The highest BCUT2D eigenvalue weighted by atomic mass is 35.5. The van der Waals surface area contributed by atoms with Crippen molar-refractivity contribution in [2.24, 2.45) is 0 Å². The molecule has 0 aliphatic heterocycles. The van der Waals surface area contributed by atoms with Crippen LogP contribution >= 0.6 is 11.6 Å². The molecule has 0 saturated heterocycles. The highest BCUT2D eigenvalue weighted by Gasteiger charge is 2.02. The zero-order chi connectivity index (χ0) is 18.9. The number of nitrogens with zero attached hydrogens (tertiary/aromatic N) is 1. The number of pyridine rings is 1. The molecule has 0 radical (unpaired) electrons. The van der Waals surface area contributed by atoms with Crippen LogP contribution in [0.5, 0.6) is 0 Å². The van der Waals surface area contributed by atoms with Crippen LogP contribution in [0.25, 0.3) is 0 Å². The molecule has 2 heteroatoms. The minimum Gasteiger partial charge on any atom is -0.244 e. The number of halogens is 1. The summed E-state index contributed by atoms with van der Waals surface area (Å²) in [6.07, 6.45) is 25.7. The molecule has 1 aromatic heterocycles. The summed E-state index contributed by atoms with van der Waals surface area (Å²) < 4.78 is 0. The van der Waals surface area contributed by atoms with Crippen LogP contribution in [0.15, 0.2) is 12.3 Å². The number of aryl methyl sites for hydroxylation is 1. The summed E-state index contributed by atoms with van der Waals surface area (Å²) in [7, 11) is 0. The molecule has 0 atom stereocenters. The van der Waals surface area contributed by atoms with Gasteiger partial charge in [-0.2, -0.15) is 0 Å². The van der Waals surface area contributed by atoms with Gasteiger partial charge in [0.1, 0.15) is 5.15 Å². The van der Waals surface area contributed by atoms with E-state index in [0.29, 0.717) is 5.15 Å². The molecule has 1 rings (SSSR count). The van der Waals surface area contributed by atoms with Crippen LogP contribution in [0.3, 0.4) is 0 Å². The van der Waals surface area contributed by atoms with Crippen molar-refractivity contribution in [1.29, 1.82) is 0 Å². The van der Waals surface area contributed by atoms with Gasteiger partial charge in [-0.05, 0) is 37.0 Å². The maximum absolute atomic E-state index is 6.08. The molecule has 1 heterocycles. The first-order valence-corrected chi connectivity index (χ1v) is 11.7. The predicted molar refractivity (Wildman–Crippen MR) is 117 cm³/mol. The molecule has 1 nitrogen and oxygen atoms in total. The maximum Gasteiger partial charge on any atom is 0.132 e. The van der Waals surface area contributed by atoms with Gasteiger partial charge < -0.3 is 0 Å². The van der Waals surface area contributed by atoms with Crippen molar-refractivity contribution in [3.8, 4) is 0 Å². The number of aromatic nitrogens is 1. The Labute approximate surface area is 168 Å². The van der Waals surface area contributed by atoms with E-state index in [0.717, 1.165) is 12.0 Å². The van der Waals surface area contributed by atoms with E-state index < -0.39 is 0 Å². The Morgan fingerprint density at radius 1 is 0.692 bits per heavy atom. The van der Waals surface area contributed by atoms with Gasteiger partial charge in [-0.1, -0.05) is 115 Å². The lowest BCUT2D eigenvalue weighted by Gasteiger charge is -2.06. The SMILES string of the molecule is CCCCCCCCCCCCCCCCCCc1ccnc(Cl)c1C. The minimum absolute atomic E-state index is 0.666. The fourth-order valence-corrected chi connectivity index (χ4v) is 3.86. The first kappa shape index (κ1) is 23.5. The zero-order valence-electron chi connectivity index (χ0n) is 17.5. The van der Waals surface area contributed by atoms with E-state index >= 15 is 0 Å². The number of hydrogen-bond donors (Lipinski definition) is 0. The third kappa shape index (κ3) is 11.9. The minimum atomic E-state index is 0.666. The van der Waals surface area contributed by atoms with Gasteiger partial charge >= 0.3 is 0 Å². The molecule has 0 aliphatic rings. The fourth-order valence-electron chi connectivity index (χ4n) is 3.68. The van der Waals surface area contributed by atoms with Crippen LogP contribution in [0.4, 0.5) is 0 Å². The molecule has 0 aromatic carbocycles. The van der Waals surface area contributed by atoms with Gasteiger partial charge in [0.2, 0.25) is 0 Å². The highest BCUT2D eigenvalue weighted by molar-refractivity contribution is 6.30. The average Bonchev–Trinajstić information content (AvgIpc) is 2.64. The Kier molecular flexibility index (Phi) is 15.0. The van der Waals surface area contributed by atoms with Crippen molar-refractivity contribution in [3.63, 3.8) is 0 Å². The topological polar surface area (TPSA) is 12.9 Å². The van der Waals surface area contributed by atoms with Crippen LogP contribution in [0, 0.1) is 6.92 Å². The molecule has 0 spiro atoms. The number of hydrogen-bond acceptors (Lipinski definition) is 1. The van der Waals surface area contributed by atoms with Crippen LogP contribution in [0.1, 0.15) is 121 Å². The van der Waals surface area contributed by atoms with Gasteiger partial charge in [0, 0.05) is 6.20 Å². The Morgan fingerprint density at radius 2 is 1.12 bits per heavy atom. The predicted octanol–water partition coefficient (Wildman–Crippen LogP) is 8.85. The normalized spacial score (nSPS) is 11.2. The van der Waals surface area contributed by atoms with Crippen molar-refractivity contribution >= 4 is 11.6 Å². The lowest BCUT2D eigenvalue weighted by Crippen LogP contribution is -1.92. The molecular formula is C24H42ClN. The summed E-state index contributed by atoms with van der Waals surface area (Å²) in [5, 5.41) is 0.666. The highest BCUT2D eigenvalue weighted by Crippen LogP contribution is 2.19. The summed E-state index contributed by atoms with van der Waals surface area (Å²) >= 11 is 6.08. The second kappa shape index (κ2) is 16.6. The summed E-state index contributed by atoms with van der Waals surface area (Å²) in [4.78, 5) is 4.13. The zero-order valence-corrected chi connectivity index (χ0v) is 18.3. The number of rotatable bonds is 17. The van der Waals surface area contributed by atoms with Gasteiger partial charge in [-0.3, -0.25) is 0 Å². The van der Waals surface area contributed by atoms with Gasteiger partial charge in [-0.25, -0.2) is 4.98 Å². The Balaban J connectivity index is 1.80. The Hall–Kier alpha value is -0.560. The summed E-state index contributed by atoms with van der Waals surface area (Å²) in [5.41, 5.74) is 2.53. The van der Waals surface area contributed by atoms with Crippen molar-refractivity contribution < 1.29 is 0 Å². The lowest BCUT2D eigenvalue weighted by molar-refractivity contribution is 0.529. The van der Waals surface area contributed by atoms with Gasteiger partial charge in [0.25, 0.3) is 0 Å². The van der Waals surface area contributed by atoms with E-state index in [-0.39, 0.29) is 0 Å². The molecule has 0 N–H and O–H groups in total. The van der Waals surface area contributed by atoms with E-state index in [4.69, 9.17) is 11.6 Å². The molecule has 0 unspecified atom stereocenters. The Morgan fingerprint density at radius 3 is 1.58 bits per heavy atom. The lowest BCUT2D eigenvalue weighted by atomic mass is 10.0. The Bertz CT molecular complexity index is 444. The van der Waals surface area contributed by atoms with E-state index in [1.165, 1.54) is 108 Å². The largest absolute Gasteiger partial charge is 0.244 e. The monoisotopic (exact) mass is 379 g/mol. The second-order valence-electron chi connectivity index (χ2n) is 7.94. The quantitative estimate of drug-likeness (QED) is 0.194. The maximum atomic E-state index is 6.08. The molecule has 150 valence electrons. The van der Waals surface area contributed by atoms with Crippen molar-refractivity contribution in [2.75, 3.05) is 0 Å². The first-order chi connectivity index (χ1) is 12.8. The van der Waals surface area contributed by atoms with Gasteiger partial charge in [0.05, 0.1) is 0 Å². The molecule has 0 bridgehead atoms. The second-order valence-corrected chi connectivity index (χ2v) is 8.30. The van der Waals surface area contributed by atoms with E-state index in [2.05, 4.69) is 24.9 Å². The fraction of sp³-hybridized carbons (Fsp3) is 0.792. The third-order valence-corrected chi connectivity index (χ3v) is 5.94. The average molecular weight is 380 g/mol. The van der Waals surface area contributed by atoms with Crippen LogP contribution in [-0.4, -0.2) is 4.98 Å². The summed E-state index contributed by atoms with van der Waals surface area (Å²) in [5.74, 6) is 0. The summed E-state index contributed by atoms with van der Waals surface area (Å²) in [6, 6.07) is 2.12. The van der Waals surface area contributed by atoms with Crippen molar-refractivity contribution in [1.82, 2.24) is 4.98 Å². The van der Waals surface area contributed by atoms with Crippen molar-refractivity contribution in [2.45, 2.75) is 123 Å². The molecular weight excluding hydrogens is 338 g/mol. The molecule has 0 aliphatic carbocycles. The molecule has 0 amide bonds. The van der Waals surface area contributed by atoms with E-state index in [1.807, 2.05) is 6.20 Å². The third-order valence-electron chi connectivity index (χ3n) is 5.55. The first-order valence-electron chi connectivity index (χ1n) is 11.4. The molecule has 0 fully saturated rings. The van der Waals surface area contributed by atoms with E-state index in [1.54, 1.807) is 0 Å². The molecule has 1 aromatic rings. The van der Waals surface area contributed by atoms with Crippen LogP contribution < -0.4 is 0 Å². The molecule has 26 heavy (non-hydrogen) atoms. The van der Waals surface area contributed by atoms with Crippen molar-refractivity contribution in [3.05, 3.63) is 28.5 Å². The number of unbranched alkanes of at least 4 members (excludes halogenated alkanes) is 15. The van der Waals surface area contributed by atoms with Gasteiger partial charge in [0.15, 0.2) is 0 Å². The van der Waals surface area contributed by atoms with E-state index in [9.17, 15) is 0 Å². The van der Waals surface area contributed by atoms with Crippen LogP contribution in [-0.2, 0) is 6.42 Å². The standard InChI is InChI=1S/C24H42ClN/c1-3-4-5-6-7-8-9-10-11-12-13-14-15-16-17-18-19-23-20-21-26-24(25)22(23)2/h20-21H,3-19H2,1-2H3.